The molecule has 1 aliphatic carbocycles. The van der Waals surface area contributed by atoms with Crippen LogP contribution >= 0.6 is 0 Å². The molecule has 1 aliphatic heterocycles. The molecule has 1 spiro atoms. The van der Waals surface area contributed by atoms with E-state index in [2.05, 4.69) is 11.0 Å². The molecule has 0 bridgehead atoms. The van der Waals surface area contributed by atoms with Crippen LogP contribution in [0.1, 0.15) is 51.4 Å². The van der Waals surface area contributed by atoms with Gasteiger partial charge in [0.05, 0.1) is 6.07 Å². The summed E-state index contributed by atoms with van der Waals surface area (Å²) in [6.45, 7) is 3.78. The molecule has 2 heteroatoms. The van der Waals surface area contributed by atoms with E-state index in [0.29, 0.717) is 5.41 Å². The van der Waals surface area contributed by atoms with E-state index in [0.717, 1.165) is 19.4 Å². The summed E-state index contributed by atoms with van der Waals surface area (Å²) in [6.07, 6.45) is 10.5. The molecule has 1 heterocycles. The van der Waals surface area contributed by atoms with Crippen molar-refractivity contribution in [3.8, 4) is 6.07 Å². The summed E-state index contributed by atoms with van der Waals surface area (Å²) >= 11 is 0. The van der Waals surface area contributed by atoms with Gasteiger partial charge in [-0.2, -0.15) is 5.26 Å². The Labute approximate surface area is 93.3 Å². The Morgan fingerprint density at radius 1 is 1.07 bits per heavy atom. The first-order valence-electron chi connectivity index (χ1n) is 6.44. The molecule has 0 N–H and O–H groups in total. The first-order valence-corrected chi connectivity index (χ1v) is 6.44. The van der Waals surface area contributed by atoms with Crippen molar-refractivity contribution >= 4 is 0 Å². The summed E-state index contributed by atoms with van der Waals surface area (Å²) in [5, 5.41) is 8.48. The van der Waals surface area contributed by atoms with Crippen molar-refractivity contribution in [1.29, 1.82) is 5.26 Å². The summed E-state index contributed by atoms with van der Waals surface area (Å²) < 4.78 is 0. The molecule has 0 aromatic heterocycles. The van der Waals surface area contributed by atoms with Gasteiger partial charge in [0, 0.05) is 19.5 Å². The number of rotatable bonds is 3. The monoisotopic (exact) mass is 206 g/mol. The Kier molecular flexibility index (Phi) is 3.64. The molecular formula is C13H22N2. The maximum atomic E-state index is 8.48. The minimum absolute atomic E-state index is 0.698. The van der Waals surface area contributed by atoms with Crippen molar-refractivity contribution in [3.05, 3.63) is 0 Å². The molecule has 1 saturated carbocycles. The Hall–Kier alpha value is -0.550. The maximum absolute atomic E-state index is 8.48. The van der Waals surface area contributed by atoms with Gasteiger partial charge in [-0.15, -0.1) is 0 Å². The van der Waals surface area contributed by atoms with E-state index in [-0.39, 0.29) is 0 Å². The molecule has 0 radical (unpaired) electrons. The van der Waals surface area contributed by atoms with E-state index < -0.39 is 0 Å². The molecule has 0 aromatic carbocycles. The van der Waals surface area contributed by atoms with Crippen LogP contribution < -0.4 is 0 Å². The Balaban J connectivity index is 1.69. The van der Waals surface area contributed by atoms with Crippen LogP contribution in [-0.4, -0.2) is 24.5 Å². The second kappa shape index (κ2) is 4.99. The standard InChI is InChI=1S/C13H22N2/c14-9-5-6-10-15-11-13(12-15)7-3-1-2-4-8-13/h1-8,10-12H2. The third-order valence-electron chi connectivity index (χ3n) is 4.05. The van der Waals surface area contributed by atoms with Gasteiger partial charge in [-0.05, 0) is 31.2 Å². The molecule has 2 fully saturated rings. The van der Waals surface area contributed by atoms with Gasteiger partial charge in [-0.1, -0.05) is 25.7 Å². The zero-order valence-electron chi connectivity index (χ0n) is 9.67. The molecule has 84 valence electrons. The van der Waals surface area contributed by atoms with Crippen LogP contribution in [0.25, 0.3) is 0 Å². The zero-order valence-corrected chi connectivity index (χ0v) is 9.67. The second-order valence-electron chi connectivity index (χ2n) is 5.39. The van der Waals surface area contributed by atoms with E-state index in [1.54, 1.807) is 0 Å². The number of hydrogen-bond acceptors (Lipinski definition) is 2. The van der Waals surface area contributed by atoms with Crippen LogP contribution in [0.2, 0.25) is 0 Å². The summed E-state index contributed by atoms with van der Waals surface area (Å²) in [5.41, 5.74) is 0.698. The predicted octanol–water partition coefficient (Wildman–Crippen LogP) is 2.95. The number of likely N-dealkylation sites (tertiary alicyclic amines) is 1. The van der Waals surface area contributed by atoms with E-state index in [1.165, 1.54) is 51.6 Å². The van der Waals surface area contributed by atoms with E-state index >= 15 is 0 Å². The number of unbranched alkanes of at least 4 members (excludes halogenated alkanes) is 1. The highest BCUT2D eigenvalue weighted by atomic mass is 15.2. The molecule has 0 aromatic rings. The van der Waals surface area contributed by atoms with E-state index in [4.69, 9.17) is 5.26 Å². The largest absolute Gasteiger partial charge is 0.302 e. The van der Waals surface area contributed by atoms with Gasteiger partial charge >= 0.3 is 0 Å². The fourth-order valence-electron chi connectivity index (χ4n) is 3.24. The Morgan fingerprint density at radius 3 is 2.33 bits per heavy atom. The molecule has 0 atom stereocenters. The lowest BCUT2D eigenvalue weighted by atomic mass is 9.73. The summed E-state index contributed by atoms with van der Waals surface area (Å²) in [7, 11) is 0. The highest BCUT2D eigenvalue weighted by Gasteiger charge is 2.41. The van der Waals surface area contributed by atoms with Gasteiger partial charge in [0.25, 0.3) is 0 Å². The van der Waals surface area contributed by atoms with Crippen molar-refractivity contribution in [3.63, 3.8) is 0 Å². The molecule has 0 amide bonds. The van der Waals surface area contributed by atoms with Crippen LogP contribution in [0.3, 0.4) is 0 Å². The highest BCUT2D eigenvalue weighted by molar-refractivity contribution is 4.95. The fraction of sp³-hybridized carbons (Fsp3) is 0.923. The summed E-state index contributed by atoms with van der Waals surface area (Å²) in [6, 6.07) is 2.23. The van der Waals surface area contributed by atoms with Gasteiger partial charge in [0.15, 0.2) is 0 Å². The molecule has 0 unspecified atom stereocenters. The van der Waals surface area contributed by atoms with Gasteiger partial charge < -0.3 is 4.90 Å². The molecule has 1 saturated heterocycles. The van der Waals surface area contributed by atoms with Gasteiger partial charge in [-0.25, -0.2) is 0 Å². The minimum atomic E-state index is 0.698. The second-order valence-corrected chi connectivity index (χ2v) is 5.39. The third-order valence-corrected chi connectivity index (χ3v) is 4.05. The van der Waals surface area contributed by atoms with Crippen molar-refractivity contribution < 1.29 is 0 Å². The van der Waals surface area contributed by atoms with Crippen molar-refractivity contribution in [2.75, 3.05) is 19.6 Å². The van der Waals surface area contributed by atoms with Crippen molar-refractivity contribution in [2.24, 2.45) is 5.41 Å². The molecule has 15 heavy (non-hydrogen) atoms. The van der Waals surface area contributed by atoms with E-state index in [1.807, 2.05) is 0 Å². The first kappa shape index (κ1) is 11.0. The van der Waals surface area contributed by atoms with Crippen LogP contribution in [-0.2, 0) is 0 Å². The van der Waals surface area contributed by atoms with Gasteiger partial charge in [0.2, 0.25) is 0 Å². The normalized spacial score (nSPS) is 25.5. The quantitative estimate of drug-likeness (QED) is 0.664. The van der Waals surface area contributed by atoms with Gasteiger partial charge in [0.1, 0.15) is 0 Å². The highest BCUT2D eigenvalue weighted by Crippen LogP contribution is 2.42. The third kappa shape index (κ3) is 2.72. The predicted molar refractivity (Wildman–Crippen MR) is 61.4 cm³/mol. The number of hydrogen-bond donors (Lipinski definition) is 0. The maximum Gasteiger partial charge on any atom is 0.0622 e. The molecule has 2 rings (SSSR count). The lowest BCUT2D eigenvalue weighted by Gasteiger charge is -2.50. The zero-order chi connectivity index (χ0) is 10.6. The number of nitrogens with zero attached hydrogens (tertiary/aromatic N) is 2. The Morgan fingerprint density at radius 2 is 1.73 bits per heavy atom. The van der Waals surface area contributed by atoms with Gasteiger partial charge in [-0.3, -0.25) is 0 Å². The summed E-state index contributed by atoms with van der Waals surface area (Å²) in [4.78, 5) is 2.54. The number of nitriles is 1. The molecule has 2 aliphatic rings. The molecule has 2 nitrogen and oxygen atoms in total. The lowest BCUT2D eigenvalue weighted by Crippen LogP contribution is -2.56. The Bertz CT molecular complexity index is 225. The fourth-order valence-corrected chi connectivity index (χ4v) is 3.24. The van der Waals surface area contributed by atoms with Crippen molar-refractivity contribution in [1.82, 2.24) is 4.90 Å². The minimum Gasteiger partial charge on any atom is -0.302 e. The van der Waals surface area contributed by atoms with Crippen LogP contribution in [0.5, 0.6) is 0 Å². The van der Waals surface area contributed by atoms with Crippen molar-refractivity contribution in [2.45, 2.75) is 51.4 Å². The first-order chi connectivity index (χ1) is 7.35. The SMILES string of the molecule is N#CCCCN1CC2(CCCCCC2)C1. The average Bonchev–Trinajstić information content (AvgIpc) is 2.42. The topological polar surface area (TPSA) is 27.0 Å². The summed E-state index contributed by atoms with van der Waals surface area (Å²) in [5.74, 6) is 0. The van der Waals surface area contributed by atoms with Crippen LogP contribution in [0.15, 0.2) is 0 Å². The van der Waals surface area contributed by atoms with Crippen LogP contribution in [0.4, 0.5) is 0 Å². The molecular weight excluding hydrogens is 184 g/mol. The lowest BCUT2D eigenvalue weighted by molar-refractivity contribution is -0.0118. The van der Waals surface area contributed by atoms with E-state index in [9.17, 15) is 0 Å². The van der Waals surface area contributed by atoms with Crippen LogP contribution in [0, 0.1) is 16.7 Å². The average molecular weight is 206 g/mol. The smallest absolute Gasteiger partial charge is 0.0622 e.